The van der Waals surface area contributed by atoms with Crippen LogP contribution in [-0.2, 0) is 22.5 Å². The van der Waals surface area contributed by atoms with Crippen molar-refractivity contribution in [1.29, 1.82) is 0 Å². The number of nitrogens with zero attached hydrogens (tertiary/aromatic N) is 4. The van der Waals surface area contributed by atoms with Gasteiger partial charge in [-0.1, -0.05) is 0 Å². The van der Waals surface area contributed by atoms with Crippen LogP contribution < -0.4 is 5.32 Å². The monoisotopic (exact) mass is 363 g/mol. The Kier molecular flexibility index (Phi) is 5.78. The molecule has 2 N–H and O–H groups in total. The maximum absolute atomic E-state index is 11.0. The zero-order valence-corrected chi connectivity index (χ0v) is 14.6. The normalized spacial score (nSPS) is 16.7. The molecule has 0 radical (unpaired) electrons. The number of nitrogens with one attached hydrogen (secondary N) is 1. The highest BCUT2D eigenvalue weighted by molar-refractivity contribution is 7.98. The van der Waals surface area contributed by atoms with Crippen LogP contribution in [0, 0.1) is 0 Å². The number of hydrogen-bond acceptors (Lipinski definition) is 7. The highest BCUT2D eigenvalue weighted by Crippen LogP contribution is 2.16. The zero-order chi connectivity index (χ0) is 16.2. The van der Waals surface area contributed by atoms with Crippen molar-refractivity contribution in [1.82, 2.24) is 15.2 Å². The summed E-state index contributed by atoms with van der Waals surface area (Å²) in [6.07, 6.45) is 0. The van der Waals surface area contributed by atoms with E-state index >= 15 is 0 Å². The lowest BCUT2D eigenvalue weighted by molar-refractivity contribution is 0.401. The molecule has 0 unspecified atom stereocenters. The van der Waals surface area contributed by atoms with Gasteiger partial charge in [-0.15, -0.1) is 20.1 Å². The molecule has 0 spiro atoms. The van der Waals surface area contributed by atoms with Crippen LogP contribution in [0.1, 0.15) is 10.7 Å². The lowest BCUT2D eigenvalue weighted by Gasteiger charge is -2.05. The second kappa shape index (κ2) is 7.40. The van der Waals surface area contributed by atoms with Crippen LogP contribution in [0.3, 0.4) is 0 Å². The van der Waals surface area contributed by atoms with Crippen molar-refractivity contribution in [2.75, 3.05) is 26.4 Å². The van der Waals surface area contributed by atoms with Gasteiger partial charge in [0, 0.05) is 30.0 Å². The minimum Gasteiger partial charge on any atom is -0.490 e. The number of rotatable bonds is 7. The van der Waals surface area contributed by atoms with Crippen LogP contribution in [0.25, 0.3) is 0 Å². The summed E-state index contributed by atoms with van der Waals surface area (Å²) >= 11 is 3.31. The molecule has 2 heterocycles. The standard InChI is InChI=1S/C11H17N5O3S3/c1-16(2)5-9-13-8(7-21-9)6-20-4-3-12-10-11(17)15-22(18,19)14-10/h7H,3-6H2,1-2H3,(H,12,14)(H,15,17). The Morgan fingerprint density at radius 3 is 2.82 bits per heavy atom. The fourth-order valence-corrected chi connectivity index (χ4v) is 4.10. The summed E-state index contributed by atoms with van der Waals surface area (Å²) in [4.78, 5) is 6.60. The minimum atomic E-state index is -3.89. The van der Waals surface area contributed by atoms with E-state index in [1.165, 1.54) is 0 Å². The number of thiazole rings is 1. The van der Waals surface area contributed by atoms with E-state index in [0.717, 1.165) is 28.8 Å². The van der Waals surface area contributed by atoms with Gasteiger partial charge in [-0.2, -0.15) is 20.2 Å². The molecule has 122 valence electrons. The molecule has 0 saturated carbocycles. The molecule has 1 aliphatic rings. The molecule has 22 heavy (non-hydrogen) atoms. The summed E-state index contributed by atoms with van der Waals surface area (Å²) in [6.45, 7) is 1.32. The molecule has 2 rings (SSSR count). The molecule has 1 aromatic heterocycles. The molecule has 0 fully saturated rings. The summed E-state index contributed by atoms with van der Waals surface area (Å²) in [6, 6.07) is 0. The van der Waals surface area contributed by atoms with Crippen molar-refractivity contribution in [2.45, 2.75) is 12.3 Å². The van der Waals surface area contributed by atoms with E-state index in [4.69, 9.17) is 0 Å². The predicted molar refractivity (Wildman–Crippen MR) is 90.1 cm³/mol. The second-order valence-electron chi connectivity index (χ2n) is 4.75. The summed E-state index contributed by atoms with van der Waals surface area (Å²) < 4.78 is 28.3. The van der Waals surface area contributed by atoms with Gasteiger partial charge in [0.15, 0.2) is 0 Å². The maximum Gasteiger partial charge on any atom is 0.368 e. The Morgan fingerprint density at radius 1 is 1.41 bits per heavy atom. The average molecular weight is 363 g/mol. The van der Waals surface area contributed by atoms with Gasteiger partial charge in [0.1, 0.15) is 5.01 Å². The Morgan fingerprint density at radius 2 is 2.18 bits per heavy atom. The van der Waals surface area contributed by atoms with Crippen LogP contribution in [-0.4, -0.2) is 61.5 Å². The fraction of sp³-hybridized carbons (Fsp3) is 0.545. The van der Waals surface area contributed by atoms with E-state index in [-0.39, 0.29) is 5.84 Å². The van der Waals surface area contributed by atoms with Crippen molar-refractivity contribution in [2.24, 2.45) is 8.80 Å². The first kappa shape index (κ1) is 17.2. The third kappa shape index (κ3) is 5.23. The summed E-state index contributed by atoms with van der Waals surface area (Å²) in [5, 5.41) is 15.2. The molecule has 0 aromatic carbocycles. The van der Waals surface area contributed by atoms with Crippen LogP contribution in [0.5, 0.6) is 0 Å². The van der Waals surface area contributed by atoms with Gasteiger partial charge in [0.25, 0.3) is 5.90 Å². The topological polar surface area (TPSA) is 107 Å². The highest BCUT2D eigenvalue weighted by atomic mass is 32.2. The number of aromatic nitrogens is 1. The van der Waals surface area contributed by atoms with Crippen LogP contribution in [0.15, 0.2) is 14.2 Å². The van der Waals surface area contributed by atoms with E-state index in [2.05, 4.69) is 24.0 Å². The fourth-order valence-electron chi connectivity index (χ4n) is 1.62. The van der Waals surface area contributed by atoms with Gasteiger partial charge < -0.3 is 15.3 Å². The first-order chi connectivity index (χ1) is 10.4. The quantitative estimate of drug-likeness (QED) is 0.685. The van der Waals surface area contributed by atoms with Crippen molar-refractivity contribution >= 4 is 45.0 Å². The zero-order valence-electron chi connectivity index (χ0n) is 12.2. The van der Waals surface area contributed by atoms with Crippen LogP contribution >= 0.6 is 23.1 Å². The third-order valence-corrected chi connectivity index (χ3v) is 5.15. The summed E-state index contributed by atoms with van der Waals surface area (Å²) in [7, 11) is 0.119. The first-order valence-electron chi connectivity index (χ1n) is 6.39. The minimum absolute atomic E-state index is 0.0949. The van der Waals surface area contributed by atoms with Crippen LogP contribution in [0.4, 0.5) is 0 Å². The van der Waals surface area contributed by atoms with Gasteiger partial charge >= 0.3 is 10.2 Å². The third-order valence-electron chi connectivity index (χ3n) is 2.46. The molecule has 0 aliphatic carbocycles. The molecule has 0 amide bonds. The van der Waals surface area contributed by atoms with Gasteiger partial charge in [-0.25, -0.2) is 4.98 Å². The molecule has 1 aliphatic heterocycles. The number of hydrogen-bond donors (Lipinski definition) is 2. The van der Waals surface area contributed by atoms with Crippen molar-refractivity contribution in [3.05, 3.63) is 16.1 Å². The molecule has 0 bridgehead atoms. The Labute approximate surface area is 137 Å². The smallest absolute Gasteiger partial charge is 0.368 e. The largest absolute Gasteiger partial charge is 0.490 e. The number of thioether (sulfide) groups is 1. The Hall–Kier alpha value is -1.17. The predicted octanol–water partition coefficient (Wildman–Crippen LogP) is 0.641. The van der Waals surface area contributed by atoms with E-state index in [9.17, 15) is 13.5 Å². The highest BCUT2D eigenvalue weighted by Gasteiger charge is 2.22. The molecular weight excluding hydrogens is 346 g/mol. The summed E-state index contributed by atoms with van der Waals surface area (Å²) in [5.41, 5.74) is 1.04. The van der Waals surface area contributed by atoms with E-state index in [1.807, 2.05) is 19.5 Å². The van der Waals surface area contributed by atoms with Crippen molar-refractivity contribution in [3.63, 3.8) is 0 Å². The van der Waals surface area contributed by atoms with E-state index in [0.29, 0.717) is 6.54 Å². The van der Waals surface area contributed by atoms with E-state index < -0.39 is 16.1 Å². The van der Waals surface area contributed by atoms with Gasteiger partial charge in [0.05, 0.1) is 5.69 Å². The average Bonchev–Trinajstić information content (AvgIpc) is 2.92. The SMILES string of the molecule is CN(C)Cc1nc(CSCCNC2=NS(=O)(=O)N=C2O)cs1. The number of aliphatic hydroxyl groups is 1. The Balaban J connectivity index is 1.68. The van der Waals surface area contributed by atoms with Crippen molar-refractivity contribution < 1.29 is 13.5 Å². The Bertz CT molecular complexity index is 681. The number of aliphatic hydroxyl groups excluding tert-OH is 1. The lowest BCUT2D eigenvalue weighted by Crippen LogP contribution is -2.31. The second-order valence-corrected chi connectivity index (χ2v) is 8.06. The maximum atomic E-state index is 11.0. The van der Waals surface area contributed by atoms with Crippen molar-refractivity contribution in [3.8, 4) is 0 Å². The molecule has 0 saturated heterocycles. The van der Waals surface area contributed by atoms with Crippen LogP contribution in [0.2, 0.25) is 0 Å². The van der Waals surface area contributed by atoms with Gasteiger partial charge in [-0.3, -0.25) is 0 Å². The molecular formula is C11H17N5O3S3. The van der Waals surface area contributed by atoms with E-state index in [1.54, 1.807) is 23.1 Å². The first-order valence-corrected chi connectivity index (χ1v) is 9.82. The van der Waals surface area contributed by atoms with Gasteiger partial charge in [0.2, 0.25) is 5.84 Å². The molecule has 8 nitrogen and oxygen atoms in total. The lowest BCUT2D eigenvalue weighted by atomic mass is 10.5. The molecule has 0 atom stereocenters. The molecule has 11 heteroatoms. The van der Waals surface area contributed by atoms with Gasteiger partial charge in [-0.05, 0) is 14.1 Å². The number of amidine groups is 1. The molecule has 1 aromatic rings. The summed E-state index contributed by atoms with van der Waals surface area (Å²) in [5.74, 6) is 0.837.